The monoisotopic (exact) mass is 314 g/mol. The summed E-state index contributed by atoms with van der Waals surface area (Å²) in [6.07, 6.45) is -0.0289. The van der Waals surface area contributed by atoms with E-state index >= 15 is 0 Å². The summed E-state index contributed by atoms with van der Waals surface area (Å²) in [5, 5.41) is 0.708. The topological polar surface area (TPSA) is 17.1 Å². The quantitative estimate of drug-likeness (QED) is 0.728. The van der Waals surface area contributed by atoms with Crippen LogP contribution in [-0.4, -0.2) is 5.78 Å². The molecule has 0 atom stereocenters. The Bertz CT molecular complexity index is 684. The lowest BCUT2D eigenvalue weighted by atomic mass is 10.0. The predicted molar refractivity (Wildman–Crippen MR) is 75.6 cm³/mol. The molecule has 0 radical (unpaired) electrons. The molecule has 0 heterocycles. The van der Waals surface area contributed by atoms with Gasteiger partial charge in [-0.3, -0.25) is 4.79 Å². The Hall–Kier alpha value is -1.45. The van der Waals surface area contributed by atoms with E-state index in [1.54, 1.807) is 18.2 Å². The Morgan fingerprint density at radius 2 is 1.75 bits per heavy atom. The minimum absolute atomic E-state index is 0.0289. The van der Waals surface area contributed by atoms with Gasteiger partial charge in [0.2, 0.25) is 0 Å². The lowest BCUT2D eigenvalue weighted by Crippen LogP contribution is -2.07. The molecule has 2 aromatic carbocycles. The molecular weight excluding hydrogens is 305 g/mol. The van der Waals surface area contributed by atoms with Gasteiger partial charge < -0.3 is 0 Å². The third kappa shape index (κ3) is 3.17. The SMILES string of the molecule is Cc1cc(C(=O)Cc2ccc(Cl)c(Cl)c2)c(F)cc1F. The van der Waals surface area contributed by atoms with E-state index in [4.69, 9.17) is 23.2 Å². The molecule has 0 N–H and O–H groups in total. The van der Waals surface area contributed by atoms with E-state index in [2.05, 4.69) is 0 Å². The summed E-state index contributed by atoms with van der Waals surface area (Å²) < 4.78 is 26.8. The van der Waals surface area contributed by atoms with Gasteiger partial charge in [-0.1, -0.05) is 29.3 Å². The second-order valence-electron chi connectivity index (χ2n) is 4.43. The molecule has 5 heteroatoms. The molecule has 0 aliphatic rings. The summed E-state index contributed by atoms with van der Waals surface area (Å²) in [7, 11) is 0. The maximum Gasteiger partial charge on any atom is 0.170 e. The minimum Gasteiger partial charge on any atom is -0.294 e. The maximum absolute atomic E-state index is 13.6. The number of benzene rings is 2. The predicted octanol–water partition coefficient (Wildman–Crippen LogP) is 5.01. The van der Waals surface area contributed by atoms with Gasteiger partial charge in [-0.05, 0) is 36.2 Å². The van der Waals surface area contributed by atoms with Crippen LogP contribution in [0.2, 0.25) is 10.0 Å². The van der Waals surface area contributed by atoms with Crippen molar-refractivity contribution in [3.8, 4) is 0 Å². The van der Waals surface area contributed by atoms with Crippen LogP contribution in [0.25, 0.3) is 0 Å². The lowest BCUT2D eigenvalue weighted by molar-refractivity contribution is 0.0989. The molecule has 1 nitrogen and oxygen atoms in total. The number of hydrogen-bond acceptors (Lipinski definition) is 1. The van der Waals surface area contributed by atoms with Crippen LogP contribution in [0, 0.1) is 18.6 Å². The standard InChI is InChI=1S/C15H10Cl2F2O/c1-8-4-10(14(19)7-13(8)18)15(20)6-9-2-3-11(16)12(17)5-9/h2-5,7H,6H2,1H3. The first-order chi connectivity index (χ1) is 9.38. The van der Waals surface area contributed by atoms with Crippen molar-refractivity contribution >= 4 is 29.0 Å². The number of ketones is 1. The van der Waals surface area contributed by atoms with Crippen molar-refractivity contribution in [2.75, 3.05) is 0 Å². The van der Waals surface area contributed by atoms with Crippen LogP contribution in [0.5, 0.6) is 0 Å². The summed E-state index contributed by atoms with van der Waals surface area (Å²) in [4.78, 5) is 12.1. The third-order valence-corrected chi connectivity index (χ3v) is 3.64. The molecule has 0 fully saturated rings. The highest BCUT2D eigenvalue weighted by Crippen LogP contribution is 2.24. The van der Waals surface area contributed by atoms with E-state index in [0.717, 1.165) is 6.07 Å². The zero-order valence-electron chi connectivity index (χ0n) is 10.5. The molecule has 0 aromatic heterocycles. The molecule has 0 saturated heterocycles. The first-order valence-corrected chi connectivity index (χ1v) is 6.57. The molecule has 0 spiro atoms. The fourth-order valence-corrected chi connectivity index (χ4v) is 2.12. The number of Topliss-reactive ketones (excluding diaryl/α,β-unsaturated/α-hetero) is 1. The highest BCUT2D eigenvalue weighted by Gasteiger charge is 2.15. The average Bonchev–Trinajstić information content (AvgIpc) is 2.38. The Morgan fingerprint density at radius 1 is 1.05 bits per heavy atom. The van der Waals surface area contributed by atoms with Gasteiger partial charge in [-0.25, -0.2) is 8.78 Å². The van der Waals surface area contributed by atoms with Crippen LogP contribution in [-0.2, 0) is 6.42 Å². The fraction of sp³-hybridized carbons (Fsp3) is 0.133. The third-order valence-electron chi connectivity index (χ3n) is 2.90. The zero-order valence-corrected chi connectivity index (χ0v) is 12.0. The molecule has 20 heavy (non-hydrogen) atoms. The van der Waals surface area contributed by atoms with Crippen molar-refractivity contribution in [2.45, 2.75) is 13.3 Å². The Balaban J connectivity index is 2.28. The van der Waals surface area contributed by atoms with Gasteiger partial charge in [0.15, 0.2) is 5.78 Å². The molecule has 0 saturated carbocycles. The van der Waals surface area contributed by atoms with Crippen LogP contribution in [0.4, 0.5) is 8.78 Å². The Morgan fingerprint density at radius 3 is 2.40 bits per heavy atom. The van der Waals surface area contributed by atoms with Crippen molar-refractivity contribution in [3.05, 3.63) is 68.7 Å². The number of hydrogen-bond donors (Lipinski definition) is 0. The van der Waals surface area contributed by atoms with Crippen LogP contribution >= 0.6 is 23.2 Å². The zero-order chi connectivity index (χ0) is 14.9. The largest absolute Gasteiger partial charge is 0.294 e. The lowest BCUT2D eigenvalue weighted by Gasteiger charge is -2.06. The molecule has 0 unspecified atom stereocenters. The molecular formula is C15H10Cl2F2O. The van der Waals surface area contributed by atoms with Crippen molar-refractivity contribution in [3.63, 3.8) is 0 Å². The minimum atomic E-state index is -0.863. The average molecular weight is 315 g/mol. The normalized spacial score (nSPS) is 10.7. The van der Waals surface area contributed by atoms with E-state index in [1.165, 1.54) is 13.0 Å². The van der Waals surface area contributed by atoms with Crippen LogP contribution in [0.3, 0.4) is 0 Å². The fourth-order valence-electron chi connectivity index (χ4n) is 1.80. The van der Waals surface area contributed by atoms with Gasteiger partial charge >= 0.3 is 0 Å². The van der Waals surface area contributed by atoms with Gasteiger partial charge in [0.25, 0.3) is 0 Å². The number of carbonyl (C=O) groups excluding carboxylic acids is 1. The van der Waals surface area contributed by atoms with Gasteiger partial charge in [0.1, 0.15) is 11.6 Å². The molecule has 2 rings (SSSR count). The second kappa shape index (κ2) is 5.90. The molecule has 0 bridgehead atoms. The number of halogens is 4. The van der Waals surface area contributed by atoms with Crippen molar-refractivity contribution < 1.29 is 13.6 Å². The second-order valence-corrected chi connectivity index (χ2v) is 5.24. The molecule has 0 aliphatic heterocycles. The van der Waals surface area contributed by atoms with Gasteiger partial charge in [0.05, 0.1) is 15.6 Å². The molecule has 2 aromatic rings. The van der Waals surface area contributed by atoms with Crippen LogP contribution in [0.1, 0.15) is 21.5 Å². The first kappa shape index (κ1) is 14.9. The molecule has 0 aliphatic carbocycles. The smallest absolute Gasteiger partial charge is 0.170 e. The van der Waals surface area contributed by atoms with Gasteiger partial charge in [-0.2, -0.15) is 0 Å². The van der Waals surface area contributed by atoms with E-state index in [-0.39, 0.29) is 17.5 Å². The Kier molecular flexibility index (Phi) is 4.41. The van der Waals surface area contributed by atoms with Gasteiger partial charge in [0, 0.05) is 12.5 Å². The highest BCUT2D eigenvalue weighted by atomic mass is 35.5. The highest BCUT2D eigenvalue weighted by molar-refractivity contribution is 6.42. The van der Waals surface area contributed by atoms with E-state index in [0.29, 0.717) is 15.6 Å². The first-order valence-electron chi connectivity index (χ1n) is 5.81. The van der Waals surface area contributed by atoms with Crippen molar-refractivity contribution in [2.24, 2.45) is 0 Å². The number of aryl methyl sites for hydroxylation is 1. The van der Waals surface area contributed by atoms with E-state index < -0.39 is 17.4 Å². The van der Waals surface area contributed by atoms with E-state index in [1.807, 2.05) is 0 Å². The summed E-state index contributed by atoms with van der Waals surface area (Å²) in [6, 6.07) is 6.69. The summed E-state index contributed by atoms with van der Waals surface area (Å²) in [5.41, 5.74) is 0.713. The molecule has 0 amide bonds. The number of carbonyl (C=O) groups is 1. The van der Waals surface area contributed by atoms with Gasteiger partial charge in [-0.15, -0.1) is 0 Å². The Labute approximate surface area is 125 Å². The summed E-state index contributed by atoms with van der Waals surface area (Å²) >= 11 is 11.6. The van der Waals surface area contributed by atoms with Crippen molar-refractivity contribution in [1.82, 2.24) is 0 Å². The molecule has 104 valence electrons. The van der Waals surface area contributed by atoms with Crippen LogP contribution in [0.15, 0.2) is 30.3 Å². The van der Waals surface area contributed by atoms with Crippen molar-refractivity contribution in [1.29, 1.82) is 0 Å². The summed E-state index contributed by atoms with van der Waals surface area (Å²) in [6.45, 7) is 1.48. The van der Waals surface area contributed by atoms with Crippen LogP contribution < -0.4 is 0 Å². The maximum atomic E-state index is 13.6. The van der Waals surface area contributed by atoms with E-state index in [9.17, 15) is 13.6 Å². The number of rotatable bonds is 3. The summed E-state index contributed by atoms with van der Waals surface area (Å²) in [5.74, 6) is -1.98.